The first-order valence-electron chi connectivity index (χ1n) is 14.7. The van der Waals surface area contributed by atoms with Crippen LogP contribution in [0.15, 0.2) is 18.2 Å². The van der Waals surface area contributed by atoms with Crippen molar-refractivity contribution in [1.82, 2.24) is 14.9 Å². The summed E-state index contributed by atoms with van der Waals surface area (Å²) in [6, 6.07) is 6.51. The van der Waals surface area contributed by atoms with Crippen molar-refractivity contribution >= 4 is 39.9 Å². The Morgan fingerprint density at radius 3 is 1.92 bits per heavy atom. The Labute approximate surface area is 231 Å². The number of rotatable bonds is 23. The highest BCUT2D eigenvalue weighted by Crippen LogP contribution is 2.23. The fourth-order valence-corrected chi connectivity index (χ4v) is 5.39. The van der Waals surface area contributed by atoms with Crippen molar-refractivity contribution in [3.8, 4) is 0 Å². The van der Waals surface area contributed by atoms with E-state index in [2.05, 4.69) is 47.0 Å². The van der Waals surface area contributed by atoms with Gasteiger partial charge in [0.1, 0.15) is 5.82 Å². The fourth-order valence-electron chi connectivity index (χ4n) is 4.98. The number of benzene rings is 1. The highest BCUT2D eigenvalue weighted by Gasteiger charge is 2.11. The number of fused-ring (bicyclic) bond motifs is 1. The van der Waals surface area contributed by atoms with Crippen LogP contribution in [0.4, 0.5) is 5.69 Å². The molecule has 6 heteroatoms. The van der Waals surface area contributed by atoms with Crippen LogP contribution < -0.4 is 10.2 Å². The molecule has 0 spiro atoms. The van der Waals surface area contributed by atoms with Crippen molar-refractivity contribution in [3.05, 3.63) is 24.0 Å². The maximum absolute atomic E-state index is 5.98. The summed E-state index contributed by atoms with van der Waals surface area (Å²) >= 11 is 12.0. The lowest BCUT2D eigenvalue weighted by Crippen LogP contribution is -2.27. The Hall–Kier alpha value is -0.970. The zero-order valence-corrected chi connectivity index (χ0v) is 24.7. The van der Waals surface area contributed by atoms with E-state index in [1.807, 2.05) is 0 Å². The Balaban J connectivity index is 1.53. The van der Waals surface area contributed by atoms with Crippen LogP contribution in [0.3, 0.4) is 0 Å². The maximum atomic E-state index is 5.98. The first kappa shape index (κ1) is 31.2. The van der Waals surface area contributed by atoms with Crippen LogP contribution in [0.5, 0.6) is 0 Å². The predicted molar refractivity (Wildman–Crippen MR) is 161 cm³/mol. The molecule has 1 aromatic heterocycles. The number of hydrogen-bond acceptors (Lipinski definition) is 3. The second-order valence-corrected chi connectivity index (χ2v) is 11.0. The van der Waals surface area contributed by atoms with Gasteiger partial charge in [-0.25, -0.2) is 4.98 Å². The van der Waals surface area contributed by atoms with Crippen molar-refractivity contribution in [2.75, 3.05) is 42.8 Å². The molecule has 0 unspecified atom stereocenters. The minimum atomic E-state index is 0.593. The second kappa shape index (κ2) is 20.1. The van der Waals surface area contributed by atoms with Crippen molar-refractivity contribution in [2.24, 2.45) is 7.05 Å². The number of halogens is 2. The Morgan fingerprint density at radius 2 is 1.33 bits per heavy atom. The first-order chi connectivity index (χ1) is 17.7. The van der Waals surface area contributed by atoms with E-state index in [1.54, 1.807) is 0 Å². The number of alkyl halides is 2. The minimum absolute atomic E-state index is 0.593. The molecule has 0 aliphatic rings. The quantitative estimate of drug-likeness (QED) is 0.114. The summed E-state index contributed by atoms with van der Waals surface area (Å²) in [4.78, 5) is 7.17. The van der Waals surface area contributed by atoms with Gasteiger partial charge in [-0.2, -0.15) is 0 Å². The van der Waals surface area contributed by atoms with Crippen molar-refractivity contribution in [3.63, 3.8) is 0 Å². The van der Waals surface area contributed by atoms with E-state index in [-0.39, 0.29) is 0 Å². The monoisotopic (exact) mass is 538 g/mol. The average molecular weight is 540 g/mol. The van der Waals surface area contributed by atoms with Crippen molar-refractivity contribution < 1.29 is 0 Å². The zero-order valence-electron chi connectivity index (χ0n) is 23.2. The Morgan fingerprint density at radius 1 is 0.778 bits per heavy atom. The molecule has 0 fully saturated rings. The van der Waals surface area contributed by atoms with Gasteiger partial charge in [-0.05, 0) is 50.6 Å². The van der Waals surface area contributed by atoms with Gasteiger partial charge in [0.25, 0.3) is 0 Å². The lowest BCUT2D eigenvalue weighted by molar-refractivity contribution is 0.531. The average Bonchev–Trinajstić information content (AvgIpc) is 3.20. The number of hydrogen-bond donors (Lipinski definition) is 1. The van der Waals surface area contributed by atoms with Gasteiger partial charge in [0.05, 0.1) is 11.0 Å². The molecule has 0 radical (unpaired) electrons. The molecule has 0 bridgehead atoms. The number of aromatic nitrogens is 2. The topological polar surface area (TPSA) is 33.1 Å². The lowest BCUT2D eigenvalue weighted by Gasteiger charge is -2.22. The molecule has 0 aliphatic heterocycles. The molecule has 2 rings (SSSR count). The third-order valence-electron chi connectivity index (χ3n) is 7.24. The first-order valence-corrected chi connectivity index (χ1v) is 15.8. The summed E-state index contributed by atoms with van der Waals surface area (Å²) in [5.41, 5.74) is 3.40. The highest BCUT2D eigenvalue weighted by atomic mass is 35.5. The zero-order chi connectivity index (χ0) is 25.8. The van der Waals surface area contributed by atoms with E-state index in [0.29, 0.717) is 11.8 Å². The largest absolute Gasteiger partial charge is 0.369 e. The molecule has 4 nitrogen and oxygen atoms in total. The van der Waals surface area contributed by atoms with E-state index in [4.69, 9.17) is 28.2 Å². The van der Waals surface area contributed by atoms with Gasteiger partial charge in [0.15, 0.2) is 0 Å². The van der Waals surface area contributed by atoms with E-state index in [9.17, 15) is 0 Å². The van der Waals surface area contributed by atoms with Gasteiger partial charge in [-0.1, -0.05) is 77.6 Å². The molecule has 206 valence electrons. The molecule has 1 aromatic carbocycles. The number of aryl methyl sites for hydroxylation is 2. The maximum Gasteiger partial charge on any atom is 0.109 e. The molecule has 0 saturated heterocycles. The molecular weight excluding hydrogens is 487 g/mol. The molecule has 0 aliphatic carbocycles. The van der Waals surface area contributed by atoms with Crippen LogP contribution in [0, 0.1) is 0 Å². The molecule has 1 heterocycles. The molecule has 1 N–H and O–H groups in total. The summed E-state index contributed by atoms with van der Waals surface area (Å²) in [6.07, 6.45) is 20.3. The molecule has 0 atom stereocenters. The number of anilines is 1. The molecule has 0 saturated carbocycles. The predicted octanol–water partition coefficient (Wildman–Crippen LogP) is 8.47. The van der Waals surface area contributed by atoms with Crippen LogP contribution in [-0.4, -0.2) is 47.5 Å². The number of nitrogens with one attached hydrogen (secondary N) is 1. The summed E-state index contributed by atoms with van der Waals surface area (Å²) in [5.74, 6) is 2.36. The standard InChI is InChI=1S/C30H52Cl2N4/c1-3-4-5-6-7-8-9-10-11-12-13-15-22-33-23-16-14-17-30-34-28-26-27(18-19-29(28)35(30)2)36(24-20-31)25-21-32/h18-19,26,33H,3-17,20-25H2,1-2H3. The van der Waals surface area contributed by atoms with Crippen molar-refractivity contribution in [1.29, 1.82) is 0 Å². The van der Waals surface area contributed by atoms with E-state index >= 15 is 0 Å². The summed E-state index contributed by atoms with van der Waals surface area (Å²) in [6.45, 7) is 6.15. The normalized spacial score (nSPS) is 11.6. The summed E-state index contributed by atoms with van der Waals surface area (Å²) < 4.78 is 2.24. The van der Waals surface area contributed by atoms with Crippen LogP contribution in [0.25, 0.3) is 11.0 Å². The number of unbranched alkanes of at least 4 members (excludes halogenated alkanes) is 12. The Bertz CT molecular complexity index is 802. The van der Waals surface area contributed by atoms with Crippen LogP contribution >= 0.6 is 23.2 Å². The third kappa shape index (κ3) is 12.0. The minimum Gasteiger partial charge on any atom is -0.369 e. The second-order valence-electron chi connectivity index (χ2n) is 10.2. The molecular formula is C30H52Cl2N4. The highest BCUT2D eigenvalue weighted by molar-refractivity contribution is 6.18. The van der Waals surface area contributed by atoms with E-state index in [1.165, 1.54) is 101 Å². The van der Waals surface area contributed by atoms with Gasteiger partial charge in [-0.15, -0.1) is 23.2 Å². The van der Waals surface area contributed by atoms with Gasteiger partial charge < -0.3 is 14.8 Å². The van der Waals surface area contributed by atoms with Crippen LogP contribution in [0.2, 0.25) is 0 Å². The van der Waals surface area contributed by atoms with E-state index in [0.717, 1.165) is 43.8 Å². The van der Waals surface area contributed by atoms with Gasteiger partial charge in [0, 0.05) is 44.0 Å². The molecule has 2 aromatic rings. The fraction of sp³-hybridized carbons (Fsp3) is 0.767. The summed E-state index contributed by atoms with van der Waals surface area (Å²) in [5, 5.41) is 3.64. The summed E-state index contributed by atoms with van der Waals surface area (Å²) in [7, 11) is 2.13. The van der Waals surface area contributed by atoms with Gasteiger partial charge in [0.2, 0.25) is 0 Å². The van der Waals surface area contributed by atoms with Crippen molar-refractivity contribution in [2.45, 2.75) is 103 Å². The lowest BCUT2D eigenvalue weighted by atomic mass is 10.1. The van der Waals surface area contributed by atoms with E-state index < -0.39 is 0 Å². The number of nitrogens with zero attached hydrogens (tertiary/aromatic N) is 3. The van der Waals surface area contributed by atoms with Crippen LogP contribution in [0.1, 0.15) is 103 Å². The Kier molecular flexibility index (Phi) is 17.4. The van der Waals surface area contributed by atoms with Gasteiger partial charge >= 0.3 is 0 Å². The number of imidazole rings is 1. The molecule has 36 heavy (non-hydrogen) atoms. The smallest absolute Gasteiger partial charge is 0.109 e. The molecule has 0 amide bonds. The SMILES string of the molecule is CCCCCCCCCCCCCCNCCCCc1nc2cc(N(CCCl)CCCl)ccc2n1C. The van der Waals surface area contributed by atoms with Crippen LogP contribution in [-0.2, 0) is 13.5 Å². The van der Waals surface area contributed by atoms with Gasteiger partial charge in [-0.3, -0.25) is 0 Å². The third-order valence-corrected chi connectivity index (χ3v) is 7.58.